The van der Waals surface area contributed by atoms with Gasteiger partial charge in [0.25, 0.3) is 0 Å². The van der Waals surface area contributed by atoms with Gasteiger partial charge in [0.1, 0.15) is 5.82 Å². The Kier molecular flexibility index (Phi) is 2.61. The van der Waals surface area contributed by atoms with Gasteiger partial charge in [-0.3, -0.25) is 4.90 Å². The van der Waals surface area contributed by atoms with Gasteiger partial charge in [0.05, 0.1) is 12.6 Å². The molecule has 2 fully saturated rings. The largest absolute Gasteiger partial charge is 0.393 e. The summed E-state index contributed by atoms with van der Waals surface area (Å²) in [6, 6.07) is 2.92. The molecule has 3 heterocycles. The zero-order valence-electron chi connectivity index (χ0n) is 9.29. The van der Waals surface area contributed by atoms with Crippen molar-refractivity contribution in [3.05, 3.63) is 24.3 Å². The molecule has 16 heavy (non-hydrogen) atoms. The Morgan fingerprint density at radius 3 is 2.44 bits per heavy atom. The summed E-state index contributed by atoms with van der Waals surface area (Å²) in [7, 11) is 0. The summed E-state index contributed by atoms with van der Waals surface area (Å²) in [6.45, 7) is 0.836. The first-order valence-corrected chi connectivity index (χ1v) is 6.02. The molecule has 4 nitrogen and oxygen atoms in total. The lowest BCUT2D eigenvalue weighted by Gasteiger charge is -2.36. The molecule has 0 spiro atoms. The molecule has 1 N–H and O–H groups in total. The Bertz CT molecular complexity index is 343. The van der Waals surface area contributed by atoms with Crippen LogP contribution < -0.4 is 0 Å². The number of piperidine rings is 1. The molecule has 0 amide bonds. The van der Waals surface area contributed by atoms with Gasteiger partial charge in [-0.2, -0.15) is 0 Å². The third-order valence-corrected chi connectivity index (χ3v) is 3.80. The third kappa shape index (κ3) is 1.83. The topological polar surface area (TPSA) is 49.2 Å². The van der Waals surface area contributed by atoms with Crippen molar-refractivity contribution in [2.45, 2.75) is 50.4 Å². The lowest BCUT2D eigenvalue weighted by atomic mass is 10.00. The molecule has 2 unspecified atom stereocenters. The maximum absolute atomic E-state index is 9.72. The quantitative estimate of drug-likeness (QED) is 0.805. The molecule has 0 aliphatic carbocycles. The summed E-state index contributed by atoms with van der Waals surface area (Å²) < 4.78 is 0. The molecule has 4 heteroatoms. The number of fused-ring (bicyclic) bond motifs is 2. The van der Waals surface area contributed by atoms with Gasteiger partial charge < -0.3 is 5.11 Å². The lowest BCUT2D eigenvalue weighted by Crippen LogP contribution is -2.44. The molecule has 2 bridgehead atoms. The zero-order chi connectivity index (χ0) is 11.0. The molecule has 3 rings (SSSR count). The average Bonchev–Trinajstić information content (AvgIpc) is 2.54. The minimum Gasteiger partial charge on any atom is -0.393 e. The Morgan fingerprint density at radius 1 is 1.19 bits per heavy atom. The molecule has 1 aromatic heterocycles. The van der Waals surface area contributed by atoms with Crippen molar-refractivity contribution in [3.63, 3.8) is 0 Å². The van der Waals surface area contributed by atoms with Crippen LogP contribution in [0.5, 0.6) is 0 Å². The molecule has 2 aliphatic heterocycles. The van der Waals surface area contributed by atoms with E-state index in [0.29, 0.717) is 12.1 Å². The predicted octanol–water partition coefficient (Wildman–Crippen LogP) is 0.964. The first kappa shape index (κ1) is 10.2. The number of hydrogen-bond donors (Lipinski definition) is 1. The maximum atomic E-state index is 9.72. The second-order valence-corrected chi connectivity index (χ2v) is 4.85. The lowest BCUT2D eigenvalue weighted by molar-refractivity contribution is 0.0296. The molecule has 0 radical (unpaired) electrons. The van der Waals surface area contributed by atoms with Crippen LogP contribution >= 0.6 is 0 Å². The van der Waals surface area contributed by atoms with Crippen LogP contribution in [0.25, 0.3) is 0 Å². The zero-order valence-corrected chi connectivity index (χ0v) is 9.29. The second-order valence-electron chi connectivity index (χ2n) is 4.85. The van der Waals surface area contributed by atoms with E-state index < -0.39 is 0 Å². The van der Waals surface area contributed by atoms with Crippen LogP contribution in [-0.4, -0.2) is 38.2 Å². The van der Waals surface area contributed by atoms with Gasteiger partial charge in [0, 0.05) is 24.5 Å². The fourth-order valence-electron chi connectivity index (χ4n) is 3.08. The van der Waals surface area contributed by atoms with Crippen LogP contribution in [-0.2, 0) is 6.54 Å². The minimum atomic E-state index is -0.0922. The SMILES string of the molecule is OC1CC2CCC(C1)N2Cc1ncccn1. The van der Waals surface area contributed by atoms with Crippen molar-refractivity contribution in [2.24, 2.45) is 0 Å². The van der Waals surface area contributed by atoms with Crippen LogP contribution in [0.1, 0.15) is 31.5 Å². The van der Waals surface area contributed by atoms with E-state index >= 15 is 0 Å². The van der Waals surface area contributed by atoms with E-state index in [1.807, 2.05) is 6.07 Å². The van der Waals surface area contributed by atoms with Gasteiger partial charge in [0.15, 0.2) is 0 Å². The Hall–Kier alpha value is -1.00. The summed E-state index contributed by atoms with van der Waals surface area (Å²) in [5.41, 5.74) is 0. The molecule has 2 aliphatic rings. The standard InChI is InChI=1S/C12H17N3O/c16-11-6-9-2-3-10(7-11)15(9)8-12-13-4-1-5-14-12/h1,4-5,9-11,16H,2-3,6-8H2. The number of aliphatic hydroxyl groups excluding tert-OH is 1. The molecule has 0 saturated carbocycles. The molecule has 86 valence electrons. The van der Waals surface area contributed by atoms with E-state index in [0.717, 1.165) is 25.2 Å². The van der Waals surface area contributed by atoms with E-state index in [-0.39, 0.29) is 6.10 Å². The fraction of sp³-hybridized carbons (Fsp3) is 0.667. The van der Waals surface area contributed by atoms with Gasteiger partial charge >= 0.3 is 0 Å². The van der Waals surface area contributed by atoms with Crippen molar-refractivity contribution in [1.82, 2.24) is 14.9 Å². The van der Waals surface area contributed by atoms with Crippen molar-refractivity contribution in [3.8, 4) is 0 Å². The van der Waals surface area contributed by atoms with E-state index in [1.54, 1.807) is 12.4 Å². The molecular formula is C12H17N3O. The Labute approximate surface area is 95.3 Å². The molecule has 0 aromatic carbocycles. The fourth-order valence-corrected chi connectivity index (χ4v) is 3.08. The normalized spacial score (nSPS) is 34.2. The van der Waals surface area contributed by atoms with E-state index in [9.17, 15) is 5.11 Å². The highest BCUT2D eigenvalue weighted by Gasteiger charge is 2.40. The van der Waals surface area contributed by atoms with Gasteiger partial charge in [-0.25, -0.2) is 9.97 Å². The number of aliphatic hydroxyl groups is 1. The second kappa shape index (κ2) is 4.11. The Balaban J connectivity index is 1.72. The van der Waals surface area contributed by atoms with Gasteiger partial charge in [-0.05, 0) is 31.7 Å². The first-order valence-electron chi connectivity index (χ1n) is 6.02. The minimum absolute atomic E-state index is 0.0922. The van der Waals surface area contributed by atoms with Crippen molar-refractivity contribution < 1.29 is 5.11 Å². The summed E-state index contributed by atoms with van der Waals surface area (Å²) in [6.07, 6.45) is 7.77. The third-order valence-electron chi connectivity index (χ3n) is 3.80. The highest BCUT2D eigenvalue weighted by Crippen LogP contribution is 2.36. The highest BCUT2D eigenvalue weighted by molar-refractivity contribution is 4.98. The Morgan fingerprint density at radius 2 is 1.81 bits per heavy atom. The van der Waals surface area contributed by atoms with Crippen molar-refractivity contribution in [1.29, 1.82) is 0 Å². The van der Waals surface area contributed by atoms with Crippen molar-refractivity contribution >= 4 is 0 Å². The molecule has 2 atom stereocenters. The van der Waals surface area contributed by atoms with Crippen LogP contribution in [0.2, 0.25) is 0 Å². The summed E-state index contributed by atoms with van der Waals surface area (Å²) in [4.78, 5) is 11.0. The van der Waals surface area contributed by atoms with E-state index in [4.69, 9.17) is 0 Å². The van der Waals surface area contributed by atoms with Crippen LogP contribution in [0, 0.1) is 0 Å². The number of rotatable bonds is 2. The van der Waals surface area contributed by atoms with Crippen LogP contribution in [0.15, 0.2) is 18.5 Å². The monoisotopic (exact) mass is 219 g/mol. The van der Waals surface area contributed by atoms with Crippen LogP contribution in [0.4, 0.5) is 0 Å². The van der Waals surface area contributed by atoms with Gasteiger partial charge in [0.2, 0.25) is 0 Å². The average molecular weight is 219 g/mol. The summed E-state index contributed by atoms with van der Waals surface area (Å²) in [5.74, 6) is 0.899. The smallest absolute Gasteiger partial charge is 0.142 e. The first-order chi connectivity index (χ1) is 7.83. The number of nitrogens with zero attached hydrogens (tertiary/aromatic N) is 3. The maximum Gasteiger partial charge on any atom is 0.142 e. The summed E-state index contributed by atoms with van der Waals surface area (Å²) >= 11 is 0. The van der Waals surface area contributed by atoms with Gasteiger partial charge in [-0.1, -0.05) is 0 Å². The van der Waals surface area contributed by atoms with Crippen molar-refractivity contribution in [2.75, 3.05) is 0 Å². The van der Waals surface area contributed by atoms with Crippen LogP contribution in [0.3, 0.4) is 0 Å². The van der Waals surface area contributed by atoms with Gasteiger partial charge in [-0.15, -0.1) is 0 Å². The predicted molar refractivity (Wildman–Crippen MR) is 59.6 cm³/mol. The van der Waals surface area contributed by atoms with E-state index in [2.05, 4.69) is 14.9 Å². The molecule has 2 saturated heterocycles. The summed E-state index contributed by atoms with van der Waals surface area (Å²) in [5, 5.41) is 9.72. The van der Waals surface area contributed by atoms with E-state index in [1.165, 1.54) is 12.8 Å². The molecule has 1 aromatic rings. The number of aromatic nitrogens is 2. The number of hydrogen-bond acceptors (Lipinski definition) is 4. The highest BCUT2D eigenvalue weighted by atomic mass is 16.3. The molecular weight excluding hydrogens is 202 g/mol.